The van der Waals surface area contributed by atoms with Gasteiger partial charge in [0.2, 0.25) is 10.4 Å². The smallest absolute Gasteiger partial charge is 0.726 e. The van der Waals surface area contributed by atoms with Gasteiger partial charge in [-0.2, -0.15) is 0 Å². The van der Waals surface area contributed by atoms with E-state index < -0.39 is 41.3 Å². The number of rotatable bonds is 3. The van der Waals surface area contributed by atoms with Crippen molar-refractivity contribution in [1.82, 2.24) is 0 Å². The van der Waals surface area contributed by atoms with E-state index >= 15 is 0 Å². The second-order valence-corrected chi connectivity index (χ2v) is 4.00. The molecule has 0 aromatic rings. The number of hydrogen-bond donors (Lipinski definition) is 1. The summed E-state index contributed by atoms with van der Waals surface area (Å²) < 4.78 is 39.1. The molecule has 8 nitrogen and oxygen atoms in total. The molecule has 2 unspecified atom stereocenters. The van der Waals surface area contributed by atoms with Crippen LogP contribution in [0, 0.1) is 0 Å². The minimum atomic E-state index is -4.95. The van der Waals surface area contributed by atoms with Gasteiger partial charge in [-0.25, -0.2) is 8.42 Å². The Kier molecular flexibility index (Phi) is 10.2. The van der Waals surface area contributed by atoms with Crippen molar-refractivity contribution in [3.8, 4) is 0 Å². The van der Waals surface area contributed by atoms with E-state index in [2.05, 4.69) is 8.92 Å². The number of aliphatic hydroxyl groups is 1. The van der Waals surface area contributed by atoms with Gasteiger partial charge in [-0.15, -0.1) is 0 Å². The summed E-state index contributed by atoms with van der Waals surface area (Å²) in [6.45, 7) is -0.499. The molecule has 1 aliphatic rings. The van der Waals surface area contributed by atoms with Gasteiger partial charge in [0.15, 0.2) is 0 Å². The van der Waals surface area contributed by atoms with Gasteiger partial charge in [0, 0.05) is 6.42 Å². The molecule has 1 saturated heterocycles. The van der Waals surface area contributed by atoms with Crippen molar-refractivity contribution in [1.29, 1.82) is 0 Å². The van der Waals surface area contributed by atoms with Crippen molar-refractivity contribution < 1.29 is 96.0 Å². The Labute approximate surface area is 142 Å². The molecule has 0 aromatic carbocycles. The fourth-order valence-electron chi connectivity index (χ4n) is 1.17. The van der Waals surface area contributed by atoms with Crippen LogP contribution in [0.2, 0.25) is 0 Å². The summed E-state index contributed by atoms with van der Waals surface area (Å²) >= 11 is 0. The first-order chi connectivity index (χ1) is 6.79. The summed E-state index contributed by atoms with van der Waals surface area (Å²) in [5, 5.41) is 19.6. The number of carbonyl (C=O) groups excluding carboxylic acids is 1. The molecule has 1 aliphatic heterocycles. The Hall–Kier alpha value is 1.26. The minimum absolute atomic E-state index is 0. The Morgan fingerprint density at radius 2 is 1.94 bits per heavy atom. The van der Waals surface area contributed by atoms with Gasteiger partial charge < -0.3 is 24.3 Å². The molecule has 1 rings (SSSR count). The number of aliphatic carboxylic acids is 1. The molecule has 0 saturated carbocycles. The molecular weight excluding hydrogens is 278 g/mol. The van der Waals surface area contributed by atoms with E-state index in [1.54, 1.807) is 0 Å². The standard InChI is InChI=1S/C6H10O8S.2Na/c7-3-1-4(6(8)9)13-2-5(3)14-15(10,11)12;;/h3-5,7H,1-2H2,(H,8,9)(H,10,11,12);;/q;2*+1/p-2/t3?,4-,5?;;/m1../s1. The third-order valence-corrected chi connectivity index (χ3v) is 2.33. The van der Waals surface area contributed by atoms with E-state index in [-0.39, 0.29) is 65.5 Å². The maximum Gasteiger partial charge on any atom is 1.00 e. The van der Waals surface area contributed by atoms with Gasteiger partial charge in [-0.3, -0.25) is 4.18 Å². The molecule has 17 heavy (non-hydrogen) atoms. The van der Waals surface area contributed by atoms with Crippen LogP contribution in [0.5, 0.6) is 0 Å². The maximum atomic E-state index is 10.3. The van der Waals surface area contributed by atoms with Crippen LogP contribution in [0.3, 0.4) is 0 Å². The van der Waals surface area contributed by atoms with Crippen molar-refractivity contribution in [3.05, 3.63) is 0 Å². The van der Waals surface area contributed by atoms with E-state index in [1.807, 2.05) is 0 Å². The second-order valence-electron chi connectivity index (χ2n) is 2.99. The Bertz CT molecular complexity index is 344. The first-order valence-corrected chi connectivity index (χ1v) is 5.27. The van der Waals surface area contributed by atoms with E-state index in [0.29, 0.717) is 0 Å². The van der Waals surface area contributed by atoms with E-state index in [4.69, 9.17) is 0 Å². The number of hydrogen-bond acceptors (Lipinski definition) is 8. The molecule has 1 fully saturated rings. The predicted molar refractivity (Wildman–Crippen MR) is 39.9 cm³/mol. The molecule has 1 heterocycles. The molecule has 11 heteroatoms. The molecule has 88 valence electrons. The monoisotopic (exact) mass is 286 g/mol. The molecule has 0 bridgehead atoms. The fraction of sp³-hybridized carbons (Fsp3) is 0.833. The van der Waals surface area contributed by atoms with E-state index in [1.165, 1.54) is 0 Å². The summed E-state index contributed by atoms with van der Waals surface area (Å²) in [4.78, 5) is 10.3. The van der Waals surface area contributed by atoms with Gasteiger partial charge in [-0.1, -0.05) is 0 Å². The first-order valence-electron chi connectivity index (χ1n) is 3.94. The largest absolute Gasteiger partial charge is 1.00 e. The molecular formula is C6H8Na2O8S. The Morgan fingerprint density at radius 1 is 1.41 bits per heavy atom. The third-order valence-electron chi connectivity index (χ3n) is 1.85. The van der Waals surface area contributed by atoms with Crippen molar-refractivity contribution in [2.75, 3.05) is 6.61 Å². The molecule has 3 atom stereocenters. The predicted octanol–water partition coefficient (Wildman–Crippen LogP) is -9.26. The Morgan fingerprint density at radius 3 is 2.29 bits per heavy atom. The van der Waals surface area contributed by atoms with Crippen molar-refractivity contribution in [2.24, 2.45) is 0 Å². The molecule has 1 N–H and O–H groups in total. The van der Waals surface area contributed by atoms with Crippen LogP contribution in [-0.2, 0) is 24.1 Å². The van der Waals surface area contributed by atoms with Crippen LogP contribution in [0.1, 0.15) is 6.42 Å². The van der Waals surface area contributed by atoms with Crippen LogP contribution >= 0.6 is 0 Å². The topological polar surface area (TPSA) is 136 Å². The maximum absolute atomic E-state index is 10.3. The van der Waals surface area contributed by atoms with Gasteiger partial charge in [0.25, 0.3) is 0 Å². The molecule has 0 spiro atoms. The zero-order valence-electron chi connectivity index (χ0n) is 9.36. The van der Waals surface area contributed by atoms with E-state index in [0.717, 1.165) is 0 Å². The fourth-order valence-corrected chi connectivity index (χ4v) is 1.66. The molecule has 0 aromatic heterocycles. The van der Waals surface area contributed by atoms with Crippen LogP contribution in [0.15, 0.2) is 0 Å². The van der Waals surface area contributed by atoms with Crippen LogP contribution in [0.4, 0.5) is 0 Å². The van der Waals surface area contributed by atoms with Crippen LogP contribution in [-0.4, -0.2) is 49.0 Å². The van der Waals surface area contributed by atoms with Gasteiger partial charge >= 0.3 is 59.1 Å². The SMILES string of the molecule is O=C([O-])[C@H]1CC(O)C(OS(=O)(=O)[O-])CO1.[Na+].[Na+]. The average molecular weight is 286 g/mol. The van der Waals surface area contributed by atoms with E-state index in [9.17, 15) is 28.0 Å². The van der Waals surface area contributed by atoms with Gasteiger partial charge in [-0.05, 0) is 0 Å². The van der Waals surface area contributed by atoms with Gasteiger partial charge in [0.1, 0.15) is 6.10 Å². The normalized spacial score (nSPS) is 28.7. The number of carbonyl (C=O) groups is 1. The summed E-state index contributed by atoms with van der Waals surface area (Å²) in [5.74, 6) is -1.52. The van der Waals surface area contributed by atoms with Crippen molar-refractivity contribution in [2.45, 2.75) is 24.7 Å². The zero-order chi connectivity index (χ0) is 11.6. The summed E-state index contributed by atoms with van der Waals surface area (Å²) in [6, 6.07) is 0. The number of aliphatic hydroxyl groups excluding tert-OH is 1. The Balaban J connectivity index is 0. The average Bonchev–Trinajstić information content (AvgIpc) is 2.05. The van der Waals surface area contributed by atoms with Crippen molar-refractivity contribution >= 4 is 16.4 Å². The quantitative estimate of drug-likeness (QED) is 0.307. The van der Waals surface area contributed by atoms with Crippen molar-refractivity contribution in [3.63, 3.8) is 0 Å². The second kappa shape index (κ2) is 8.43. The summed E-state index contributed by atoms with van der Waals surface area (Å²) in [7, 11) is -4.95. The van der Waals surface area contributed by atoms with Crippen LogP contribution in [0.25, 0.3) is 0 Å². The number of ether oxygens (including phenoxy) is 1. The third kappa shape index (κ3) is 7.43. The van der Waals surface area contributed by atoms with Gasteiger partial charge in [0.05, 0.1) is 24.8 Å². The molecule has 0 aliphatic carbocycles. The molecule has 0 radical (unpaired) electrons. The van der Waals surface area contributed by atoms with Crippen LogP contribution < -0.4 is 64.2 Å². The molecule has 0 amide bonds. The number of carboxylic acids is 1. The minimum Gasteiger partial charge on any atom is -0.726 e. The first kappa shape index (κ1) is 20.6. The summed E-state index contributed by atoms with van der Waals surface area (Å²) in [6.07, 6.45) is -4.48. The summed E-state index contributed by atoms with van der Waals surface area (Å²) in [5.41, 5.74) is 0. The zero-order valence-corrected chi connectivity index (χ0v) is 14.2. The number of carboxylic acid groups (broad SMARTS) is 1.